The lowest BCUT2D eigenvalue weighted by atomic mass is 10.1. The third-order valence-electron chi connectivity index (χ3n) is 2.62. The molecular weight excluding hydrogens is 254 g/mol. The van der Waals surface area contributed by atoms with Gasteiger partial charge in [-0.25, -0.2) is 4.98 Å². The van der Waals surface area contributed by atoms with Gasteiger partial charge in [0.25, 0.3) is 5.91 Å². The zero-order valence-corrected chi connectivity index (χ0v) is 10.9. The van der Waals surface area contributed by atoms with E-state index in [4.69, 9.17) is 5.26 Å². The minimum Gasteiger partial charge on any atom is -0.372 e. The molecule has 1 heterocycles. The topological polar surface area (TPSA) is 90.7 Å². The molecule has 1 amide bonds. The fraction of sp³-hybridized carbons (Fsp3) is 0.143. The first-order valence-corrected chi connectivity index (χ1v) is 6.00. The van der Waals surface area contributed by atoms with Crippen LogP contribution in [0.15, 0.2) is 36.7 Å². The molecule has 0 atom stereocenters. The standard InChI is InChI=1S/C14H13N5O/c1-16-13-9-17-8-12(19-13)14(20)18-11-4-2-10(3-5-11)6-7-15/h2-5,8-9H,6H2,1H3,(H,16,19)(H,18,20). The summed E-state index contributed by atoms with van der Waals surface area (Å²) < 4.78 is 0. The van der Waals surface area contributed by atoms with Gasteiger partial charge < -0.3 is 10.6 Å². The van der Waals surface area contributed by atoms with E-state index in [1.165, 1.54) is 12.4 Å². The van der Waals surface area contributed by atoms with Crippen molar-refractivity contribution >= 4 is 17.4 Å². The maximum absolute atomic E-state index is 12.0. The molecule has 0 saturated heterocycles. The fourth-order valence-electron chi connectivity index (χ4n) is 1.59. The Labute approximate surface area is 116 Å². The van der Waals surface area contributed by atoms with Crippen molar-refractivity contribution in [3.05, 3.63) is 47.9 Å². The molecular formula is C14H13N5O. The second kappa shape index (κ2) is 6.29. The Morgan fingerprint density at radius 2 is 2.05 bits per heavy atom. The van der Waals surface area contributed by atoms with Crippen LogP contribution in [0.4, 0.5) is 11.5 Å². The van der Waals surface area contributed by atoms with Gasteiger partial charge >= 0.3 is 0 Å². The normalized spacial score (nSPS) is 9.60. The number of amides is 1. The maximum Gasteiger partial charge on any atom is 0.275 e. The fourth-order valence-corrected chi connectivity index (χ4v) is 1.59. The van der Waals surface area contributed by atoms with E-state index < -0.39 is 0 Å². The first-order valence-electron chi connectivity index (χ1n) is 6.00. The predicted molar refractivity (Wildman–Crippen MR) is 75.3 cm³/mol. The van der Waals surface area contributed by atoms with E-state index in [-0.39, 0.29) is 11.6 Å². The van der Waals surface area contributed by atoms with Crippen LogP contribution in [0.3, 0.4) is 0 Å². The van der Waals surface area contributed by atoms with Crippen LogP contribution in [-0.4, -0.2) is 22.9 Å². The number of benzene rings is 1. The molecule has 2 N–H and O–H groups in total. The summed E-state index contributed by atoms with van der Waals surface area (Å²) in [5.74, 6) is 0.199. The van der Waals surface area contributed by atoms with Crippen LogP contribution in [0.2, 0.25) is 0 Å². The Kier molecular flexibility index (Phi) is 4.24. The number of hydrogen-bond acceptors (Lipinski definition) is 5. The van der Waals surface area contributed by atoms with Crippen molar-refractivity contribution in [1.29, 1.82) is 5.26 Å². The molecule has 0 fully saturated rings. The molecule has 0 spiro atoms. The van der Waals surface area contributed by atoms with E-state index in [1.807, 2.05) is 0 Å². The van der Waals surface area contributed by atoms with E-state index in [2.05, 4.69) is 26.7 Å². The summed E-state index contributed by atoms with van der Waals surface area (Å²) in [6.45, 7) is 0. The lowest BCUT2D eigenvalue weighted by Crippen LogP contribution is -2.14. The number of anilines is 2. The minimum atomic E-state index is -0.331. The highest BCUT2D eigenvalue weighted by Gasteiger charge is 2.08. The second-order valence-corrected chi connectivity index (χ2v) is 4.03. The number of nitrogens with one attached hydrogen (secondary N) is 2. The summed E-state index contributed by atoms with van der Waals surface area (Å²) in [7, 11) is 1.71. The first kappa shape index (κ1) is 13.5. The van der Waals surface area contributed by atoms with Crippen LogP contribution in [-0.2, 0) is 6.42 Å². The van der Waals surface area contributed by atoms with Gasteiger partial charge in [-0.2, -0.15) is 5.26 Å². The lowest BCUT2D eigenvalue weighted by Gasteiger charge is -2.06. The molecule has 2 rings (SSSR count). The monoisotopic (exact) mass is 267 g/mol. The van der Waals surface area contributed by atoms with Crippen LogP contribution < -0.4 is 10.6 Å². The van der Waals surface area contributed by atoms with Crippen molar-refractivity contribution < 1.29 is 4.79 Å². The van der Waals surface area contributed by atoms with Gasteiger partial charge in [0.1, 0.15) is 11.5 Å². The van der Waals surface area contributed by atoms with Gasteiger partial charge in [-0.3, -0.25) is 9.78 Å². The summed E-state index contributed by atoms with van der Waals surface area (Å²) in [5.41, 5.74) is 1.79. The Hall–Kier alpha value is -2.94. The van der Waals surface area contributed by atoms with Crippen molar-refractivity contribution in [3.8, 4) is 6.07 Å². The summed E-state index contributed by atoms with van der Waals surface area (Å²) in [6.07, 6.45) is 3.29. The van der Waals surface area contributed by atoms with Gasteiger partial charge in [-0.15, -0.1) is 0 Å². The molecule has 0 radical (unpaired) electrons. The average Bonchev–Trinajstić information content (AvgIpc) is 2.49. The second-order valence-electron chi connectivity index (χ2n) is 4.03. The van der Waals surface area contributed by atoms with Gasteiger partial charge in [0.15, 0.2) is 0 Å². The summed E-state index contributed by atoms with van der Waals surface area (Å²) >= 11 is 0. The Balaban J connectivity index is 2.09. The maximum atomic E-state index is 12.0. The molecule has 0 unspecified atom stereocenters. The smallest absolute Gasteiger partial charge is 0.275 e. The van der Waals surface area contributed by atoms with Crippen molar-refractivity contribution in [1.82, 2.24) is 9.97 Å². The largest absolute Gasteiger partial charge is 0.372 e. The number of nitrogens with zero attached hydrogens (tertiary/aromatic N) is 3. The average molecular weight is 267 g/mol. The molecule has 1 aromatic carbocycles. The summed E-state index contributed by atoms with van der Waals surface area (Å²) in [6, 6.07) is 9.17. The Bertz CT molecular complexity index is 645. The predicted octanol–water partition coefficient (Wildman–Crippen LogP) is 1.84. The van der Waals surface area contributed by atoms with Gasteiger partial charge in [-0.05, 0) is 17.7 Å². The lowest BCUT2D eigenvalue weighted by molar-refractivity contribution is 0.102. The molecule has 6 nitrogen and oxygen atoms in total. The quantitative estimate of drug-likeness (QED) is 0.882. The van der Waals surface area contributed by atoms with Crippen molar-refractivity contribution in [2.45, 2.75) is 6.42 Å². The molecule has 0 aliphatic carbocycles. The SMILES string of the molecule is CNc1cncc(C(=O)Nc2ccc(CC#N)cc2)n1. The molecule has 0 bridgehead atoms. The summed E-state index contributed by atoms with van der Waals surface area (Å²) in [5, 5.41) is 14.1. The zero-order valence-electron chi connectivity index (χ0n) is 10.9. The number of carbonyl (C=O) groups is 1. The highest BCUT2D eigenvalue weighted by atomic mass is 16.1. The van der Waals surface area contributed by atoms with E-state index in [0.29, 0.717) is 17.9 Å². The molecule has 1 aromatic heterocycles. The van der Waals surface area contributed by atoms with Crippen LogP contribution in [0.25, 0.3) is 0 Å². The molecule has 0 aliphatic heterocycles. The zero-order chi connectivity index (χ0) is 14.4. The van der Waals surface area contributed by atoms with E-state index >= 15 is 0 Å². The number of aromatic nitrogens is 2. The third kappa shape index (κ3) is 3.29. The van der Waals surface area contributed by atoms with Gasteiger partial charge in [0, 0.05) is 12.7 Å². The van der Waals surface area contributed by atoms with E-state index in [9.17, 15) is 4.79 Å². The molecule has 100 valence electrons. The molecule has 20 heavy (non-hydrogen) atoms. The van der Waals surface area contributed by atoms with Crippen LogP contribution in [0, 0.1) is 11.3 Å². The van der Waals surface area contributed by atoms with E-state index in [1.54, 1.807) is 31.3 Å². The first-order chi connectivity index (χ1) is 9.72. The van der Waals surface area contributed by atoms with Crippen LogP contribution >= 0.6 is 0 Å². The Morgan fingerprint density at radius 3 is 2.70 bits per heavy atom. The summed E-state index contributed by atoms with van der Waals surface area (Å²) in [4.78, 5) is 20.0. The van der Waals surface area contributed by atoms with Gasteiger partial charge in [0.2, 0.25) is 0 Å². The molecule has 0 aliphatic rings. The molecule has 0 saturated carbocycles. The van der Waals surface area contributed by atoms with Crippen LogP contribution in [0.5, 0.6) is 0 Å². The van der Waals surface area contributed by atoms with Gasteiger partial charge in [0.05, 0.1) is 24.9 Å². The van der Waals surface area contributed by atoms with E-state index in [0.717, 1.165) is 5.56 Å². The van der Waals surface area contributed by atoms with Gasteiger partial charge in [-0.1, -0.05) is 12.1 Å². The van der Waals surface area contributed by atoms with Crippen molar-refractivity contribution in [3.63, 3.8) is 0 Å². The number of carbonyl (C=O) groups excluding carboxylic acids is 1. The minimum absolute atomic E-state index is 0.234. The third-order valence-corrected chi connectivity index (χ3v) is 2.62. The highest BCUT2D eigenvalue weighted by Crippen LogP contribution is 2.11. The van der Waals surface area contributed by atoms with Crippen molar-refractivity contribution in [2.75, 3.05) is 17.7 Å². The number of nitriles is 1. The molecule has 2 aromatic rings. The highest BCUT2D eigenvalue weighted by molar-refractivity contribution is 6.02. The number of rotatable bonds is 4. The molecule has 6 heteroatoms. The Morgan fingerprint density at radius 1 is 1.30 bits per heavy atom. The number of hydrogen-bond donors (Lipinski definition) is 2. The van der Waals surface area contributed by atoms with Crippen molar-refractivity contribution in [2.24, 2.45) is 0 Å². The van der Waals surface area contributed by atoms with Crippen LogP contribution in [0.1, 0.15) is 16.1 Å².